The van der Waals surface area contributed by atoms with E-state index < -0.39 is 23.8 Å². The van der Waals surface area contributed by atoms with Crippen LogP contribution in [0, 0.1) is 11.8 Å². The van der Waals surface area contributed by atoms with Crippen LogP contribution < -0.4 is 5.32 Å². The van der Waals surface area contributed by atoms with E-state index in [0.29, 0.717) is 12.1 Å². The first-order valence-electron chi connectivity index (χ1n) is 8.56. The van der Waals surface area contributed by atoms with Gasteiger partial charge in [-0.1, -0.05) is 27.7 Å². The Morgan fingerprint density at radius 1 is 1.08 bits per heavy atom. The largest absolute Gasteiger partial charge is 0.467 e. The van der Waals surface area contributed by atoms with Gasteiger partial charge >= 0.3 is 5.97 Å². The summed E-state index contributed by atoms with van der Waals surface area (Å²) in [4.78, 5) is 50.4. The van der Waals surface area contributed by atoms with Crippen LogP contribution in [0.1, 0.15) is 58.8 Å². The van der Waals surface area contributed by atoms with Crippen molar-refractivity contribution >= 4 is 23.7 Å². The highest BCUT2D eigenvalue weighted by Gasteiger charge is 2.36. The molecule has 1 aliphatic heterocycles. The van der Waals surface area contributed by atoms with Crippen molar-refractivity contribution in [2.24, 2.45) is 11.8 Å². The molecule has 26 heavy (non-hydrogen) atoms. The van der Waals surface area contributed by atoms with Crippen LogP contribution >= 0.6 is 0 Å². The maximum Gasteiger partial charge on any atom is 0.328 e. The van der Waals surface area contributed by atoms with Crippen LogP contribution in [0.15, 0.2) is 18.2 Å². The van der Waals surface area contributed by atoms with Gasteiger partial charge in [0.05, 0.1) is 18.2 Å². The van der Waals surface area contributed by atoms with E-state index in [1.54, 1.807) is 13.8 Å². The molecule has 1 aromatic rings. The Labute approximate surface area is 152 Å². The molecule has 1 atom stereocenters. The summed E-state index contributed by atoms with van der Waals surface area (Å²) in [6.45, 7) is 7.74. The number of hydrogen-bond donors (Lipinski definition) is 1. The summed E-state index contributed by atoms with van der Waals surface area (Å²) in [5, 5.41) is 2.62. The molecule has 1 aliphatic rings. The highest BCUT2D eigenvalue weighted by Crippen LogP contribution is 2.25. The van der Waals surface area contributed by atoms with Gasteiger partial charge in [0.1, 0.15) is 6.04 Å². The van der Waals surface area contributed by atoms with Crippen LogP contribution in [0.4, 0.5) is 0 Å². The minimum Gasteiger partial charge on any atom is -0.467 e. The molecule has 0 fully saturated rings. The topological polar surface area (TPSA) is 92.8 Å². The number of imide groups is 1. The number of nitrogens with one attached hydrogen (secondary N) is 1. The van der Waals surface area contributed by atoms with E-state index in [9.17, 15) is 19.2 Å². The second kappa shape index (κ2) is 7.68. The second-order valence-electron chi connectivity index (χ2n) is 7.09. The van der Waals surface area contributed by atoms with Crippen molar-refractivity contribution in [1.29, 1.82) is 0 Å². The van der Waals surface area contributed by atoms with Crippen LogP contribution in [0.3, 0.4) is 0 Å². The molecular formula is C19H24N2O5. The summed E-state index contributed by atoms with van der Waals surface area (Å²) in [6.07, 6.45) is 0. The molecule has 3 amide bonds. The van der Waals surface area contributed by atoms with Crippen molar-refractivity contribution in [2.75, 3.05) is 13.7 Å². The van der Waals surface area contributed by atoms with Crippen LogP contribution in [0.5, 0.6) is 0 Å². The summed E-state index contributed by atoms with van der Waals surface area (Å²) in [5.41, 5.74) is 0.717. The highest BCUT2D eigenvalue weighted by atomic mass is 16.5. The lowest BCUT2D eigenvalue weighted by molar-refractivity contribution is -0.144. The summed E-state index contributed by atoms with van der Waals surface area (Å²) in [6, 6.07) is 3.57. The number of rotatable bonds is 6. The number of carbonyl (C=O) groups is 4. The number of carbonyl (C=O) groups excluding carboxylic acids is 4. The molecule has 0 radical (unpaired) electrons. The van der Waals surface area contributed by atoms with E-state index in [4.69, 9.17) is 4.74 Å². The fraction of sp³-hybridized carbons (Fsp3) is 0.474. The Balaban J connectivity index is 2.26. The summed E-state index contributed by atoms with van der Waals surface area (Å²) < 4.78 is 4.71. The molecule has 0 saturated heterocycles. The number of amides is 3. The smallest absolute Gasteiger partial charge is 0.328 e. The molecular weight excluding hydrogens is 336 g/mol. The Hall–Kier alpha value is -2.70. The van der Waals surface area contributed by atoms with E-state index in [1.165, 1.54) is 30.2 Å². The van der Waals surface area contributed by atoms with Gasteiger partial charge in [0.2, 0.25) is 0 Å². The predicted octanol–water partition coefficient (Wildman–Crippen LogP) is 1.87. The lowest BCUT2D eigenvalue weighted by Crippen LogP contribution is -2.45. The average molecular weight is 360 g/mol. The molecule has 2 rings (SSSR count). The Bertz CT molecular complexity index is 754. The molecule has 1 heterocycles. The van der Waals surface area contributed by atoms with Crippen molar-refractivity contribution in [3.63, 3.8) is 0 Å². The number of esters is 1. The molecule has 0 spiro atoms. The van der Waals surface area contributed by atoms with Crippen molar-refractivity contribution in [3.8, 4) is 0 Å². The van der Waals surface area contributed by atoms with Gasteiger partial charge in [-0.05, 0) is 30.0 Å². The zero-order valence-electron chi connectivity index (χ0n) is 15.7. The van der Waals surface area contributed by atoms with Gasteiger partial charge in [-0.15, -0.1) is 0 Å². The van der Waals surface area contributed by atoms with Crippen molar-refractivity contribution in [3.05, 3.63) is 34.9 Å². The standard InChI is InChI=1S/C19H24N2O5/c1-10(2)9-21-17(23)13-7-6-12(8-14(13)18(21)24)16(22)20-15(11(3)4)19(25)26-5/h6-8,10-11,15H,9H2,1-5H3,(H,20,22). The Kier molecular flexibility index (Phi) is 5.79. The van der Waals surface area contributed by atoms with Gasteiger partial charge in [0.25, 0.3) is 17.7 Å². The van der Waals surface area contributed by atoms with Gasteiger partial charge in [0.15, 0.2) is 0 Å². The van der Waals surface area contributed by atoms with Gasteiger partial charge < -0.3 is 10.1 Å². The van der Waals surface area contributed by atoms with Crippen LogP contribution in [0.2, 0.25) is 0 Å². The van der Waals surface area contributed by atoms with Crippen LogP contribution in [0.25, 0.3) is 0 Å². The van der Waals surface area contributed by atoms with Gasteiger partial charge in [-0.25, -0.2) is 4.79 Å². The second-order valence-corrected chi connectivity index (χ2v) is 7.09. The van der Waals surface area contributed by atoms with Gasteiger partial charge in [0, 0.05) is 12.1 Å². The molecule has 0 aromatic heterocycles. The van der Waals surface area contributed by atoms with Gasteiger partial charge in [-0.3, -0.25) is 19.3 Å². The van der Waals surface area contributed by atoms with Crippen molar-refractivity contribution in [1.82, 2.24) is 10.2 Å². The quantitative estimate of drug-likeness (QED) is 0.617. The minimum absolute atomic E-state index is 0.145. The molecule has 7 heteroatoms. The Morgan fingerprint density at radius 2 is 1.69 bits per heavy atom. The average Bonchev–Trinajstić information content (AvgIpc) is 2.82. The summed E-state index contributed by atoms with van der Waals surface area (Å²) >= 11 is 0. The summed E-state index contributed by atoms with van der Waals surface area (Å²) in [7, 11) is 1.26. The monoisotopic (exact) mass is 360 g/mol. The van der Waals surface area contributed by atoms with E-state index >= 15 is 0 Å². The Morgan fingerprint density at radius 3 is 2.23 bits per heavy atom. The lowest BCUT2D eigenvalue weighted by Gasteiger charge is -2.19. The molecule has 1 N–H and O–H groups in total. The van der Waals surface area contributed by atoms with Gasteiger partial charge in [-0.2, -0.15) is 0 Å². The first-order chi connectivity index (χ1) is 12.2. The number of methoxy groups -OCH3 is 1. The maximum atomic E-state index is 12.5. The molecule has 0 bridgehead atoms. The number of ether oxygens (including phenoxy) is 1. The zero-order valence-corrected chi connectivity index (χ0v) is 15.7. The van der Waals surface area contributed by atoms with E-state index in [-0.39, 0.29) is 28.9 Å². The van der Waals surface area contributed by atoms with E-state index in [1.807, 2.05) is 13.8 Å². The number of fused-ring (bicyclic) bond motifs is 1. The normalized spacial score (nSPS) is 14.7. The minimum atomic E-state index is -0.796. The fourth-order valence-corrected chi connectivity index (χ4v) is 2.81. The molecule has 0 saturated carbocycles. The molecule has 7 nitrogen and oxygen atoms in total. The summed E-state index contributed by atoms with van der Waals surface area (Å²) in [5.74, 6) is -1.80. The lowest BCUT2D eigenvalue weighted by atomic mass is 10.0. The van der Waals surface area contributed by atoms with Crippen molar-refractivity contribution in [2.45, 2.75) is 33.7 Å². The predicted molar refractivity (Wildman–Crippen MR) is 94.8 cm³/mol. The fourth-order valence-electron chi connectivity index (χ4n) is 2.81. The SMILES string of the molecule is COC(=O)C(NC(=O)c1ccc2c(c1)C(=O)N(CC(C)C)C2=O)C(C)C. The number of benzene rings is 1. The molecule has 140 valence electrons. The molecule has 1 unspecified atom stereocenters. The van der Waals surface area contributed by atoms with E-state index in [0.717, 1.165) is 0 Å². The highest BCUT2D eigenvalue weighted by molar-refractivity contribution is 6.22. The zero-order chi connectivity index (χ0) is 19.6. The molecule has 0 aliphatic carbocycles. The third-order valence-corrected chi connectivity index (χ3v) is 4.19. The number of nitrogens with zero attached hydrogens (tertiary/aromatic N) is 1. The third kappa shape index (κ3) is 3.76. The van der Waals surface area contributed by atoms with Crippen LogP contribution in [-0.2, 0) is 9.53 Å². The maximum absolute atomic E-state index is 12.5. The van der Waals surface area contributed by atoms with Crippen LogP contribution in [-0.4, -0.2) is 48.3 Å². The third-order valence-electron chi connectivity index (χ3n) is 4.19. The first-order valence-corrected chi connectivity index (χ1v) is 8.56. The van der Waals surface area contributed by atoms with Crippen molar-refractivity contribution < 1.29 is 23.9 Å². The van der Waals surface area contributed by atoms with E-state index in [2.05, 4.69) is 5.32 Å². The number of hydrogen-bond acceptors (Lipinski definition) is 5. The molecule has 1 aromatic carbocycles. The first kappa shape index (κ1) is 19.6.